The van der Waals surface area contributed by atoms with E-state index in [9.17, 15) is 87.2 Å². The minimum Gasteiger partial charge on any atom is -0.481 e. The molecule has 10 atom stereocenters. The molecule has 31 nitrogen and oxygen atoms in total. The van der Waals surface area contributed by atoms with E-state index in [1.54, 1.807) is 65.8 Å². The van der Waals surface area contributed by atoms with E-state index in [4.69, 9.17) is 10.8 Å². The van der Waals surface area contributed by atoms with Gasteiger partial charge < -0.3 is 84.2 Å². The normalized spacial score (nSPS) is 16.0. The first kappa shape index (κ1) is 73.5. The maximum Gasteiger partial charge on any atom is 0.303 e. The maximum atomic E-state index is 14.3. The predicted octanol–water partition coefficient (Wildman–Crippen LogP) is -4.68. The quantitative estimate of drug-likeness (QED) is 0.0278. The van der Waals surface area contributed by atoms with Crippen molar-refractivity contribution in [2.24, 2.45) is 17.6 Å². The van der Waals surface area contributed by atoms with Crippen molar-refractivity contribution in [1.82, 2.24) is 58.1 Å². The summed E-state index contributed by atoms with van der Waals surface area (Å²) >= 11 is 0. The van der Waals surface area contributed by atoms with Crippen LogP contribution in [0.25, 0.3) is 0 Å². The van der Waals surface area contributed by atoms with Gasteiger partial charge in [0.15, 0.2) is 0 Å². The van der Waals surface area contributed by atoms with Crippen LogP contribution in [0, 0.1) is 18.8 Å². The lowest BCUT2D eigenvalue weighted by atomic mass is 9.98. The van der Waals surface area contributed by atoms with Gasteiger partial charge in [0, 0.05) is 32.7 Å². The predicted molar refractivity (Wildman–Crippen MR) is 303 cm³/mol. The molecular formula is C55H84N12O19. The molecular weight excluding hydrogens is 1130 g/mol. The molecule has 16 N–H and O–H groups in total. The highest BCUT2D eigenvalue weighted by atomic mass is 16.4. The van der Waals surface area contributed by atoms with Crippen LogP contribution < -0.4 is 58.9 Å². The van der Waals surface area contributed by atoms with E-state index in [-0.39, 0.29) is 45.1 Å². The molecule has 1 aliphatic heterocycles. The second-order valence-electron chi connectivity index (χ2n) is 21.4. The smallest absolute Gasteiger partial charge is 0.303 e. The zero-order valence-corrected chi connectivity index (χ0v) is 49.6. The fourth-order valence-electron chi connectivity index (χ4n) is 8.84. The fourth-order valence-corrected chi connectivity index (χ4v) is 8.84. The third-order valence-corrected chi connectivity index (χ3v) is 13.7. The van der Waals surface area contributed by atoms with Gasteiger partial charge >= 0.3 is 11.9 Å². The third-order valence-electron chi connectivity index (χ3n) is 13.7. The van der Waals surface area contributed by atoms with Crippen LogP contribution in [-0.2, 0) is 78.3 Å². The Kier molecular flexibility index (Phi) is 31.0. The summed E-state index contributed by atoms with van der Waals surface area (Å²) in [5.74, 6) is -16.6. The highest BCUT2D eigenvalue weighted by Crippen LogP contribution is 2.22. The van der Waals surface area contributed by atoms with E-state index >= 15 is 0 Å². The number of nitrogens with two attached hydrogens (primary N) is 1. The Labute approximate surface area is 497 Å². The van der Waals surface area contributed by atoms with Crippen LogP contribution >= 0.6 is 0 Å². The number of carbonyl (C=O) groups excluding carboxylic acids is 13. The Bertz CT molecular complexity index is 2620. The van der Waals surface area contributed by atoms with Crippen LogP contribution in [0.4, 0.5) is 0 Å². The lowest BCUT2D eigenvalue weighted by molar-refractivity contribution is -0.144. The molecule has 0 radical (unpaired) electrons. The van der Waals surface area contributed by atoms with E-state index in [1.165, 1.54) is 4.90 Å². The summed E-state index contributed by atoms with van der Waals surface area (Å²) in [4.78, 5) is 196. The Morgan fingerprint density at radius 3 is 1.56 bits per heavy atom. The van der Waals surface area contributed by atoms with Crippen molar-refractivity contribution in [2.75, 3.05) is 26.3 Å². The summed E-state index contributed by atoms with van der Waals surface area (Å²) in [6, 6.07) is -7.46. The van der Waals surface area contributed by atoms with E-state index in [1.807, 2.05) is 6.92 Å². The zero-order valence-electron chi connectivity index (χ0n) is 49.6. The number of hydrogen-bond acceptors (Lipinski definition) is 17. The summed E-state index contributed by atoms with van der Waals surface area (Å²) in [5.41, 5.74) is 6.89. The Morgan fingerprint density at radius 2 is 1.06 bits per heavy atom. The molecule has 1 fully saturated rings. The Morgan fingerprint density at radius 1 is 0.581 bits per heavy atom. The number of Topliss-reactive ketones (excluding diaryl/α,β-unsaturated/α-hetero) is 1. The number of aryl methyl sites for hydroxylation is 1. The fraction of sp³-hybridized carbons (Fsp3) is 0.618. The van der Waals surface area contributed by atoms with Crippen molar-refractivity contribution in [3.63, 3.8) is 0 Å². The average molecular weight is 1220 g/mol. The number of rotatable bonds is 37. The number of primary amides is 1. The number of aliphatic carboxylic acids is 2. The largest absolute Gasteiger partial charge is 0.481 e. The van der Waals surface area contributed by atoms with Gasteiger partial charge in [0.05, 0.1) is 25.8 Å². The summed E-state index contributed by atoms with van der Waals surface area (Å²) in [7, 11) is 0. The molecule has 0 aliphatic carbocycles. The van der Waals surface area contributed by atoms with Gasteiger partial charge in [-0.25, -0.2) is 0 Å². The van der Waals surface area contributed by atoms with E-state index in [0.29, 0.717) is 12.0 Å². The second kappa shape index (κ2) is 36.3. The summed E-state index contributed by atoms with van der Waals surface area (Å²) in [5, 5.41) is 62.2. The van der Waals surface area contributed by atoms with Crippen LogP contribution in [0.5, 0.6) is 0 Å². The lowest BCUT2D eigenvalue weighted by Crippen LogP contribution is -2.61. The molecule has 0 unspecified atom stereocenters. The Hall–Kier alpha value is -8.61. The number of nitrogens with one attached hydrogen (secondary N) is 10. The number of aliphatic hydroxyl groups is 2. The number of amides is 12. The minimum absolute atomic E-state index is 0.0207. The zero-order chi connectivity index (χ0) is 65.1. The third kappa shape index (κ3) is 24.2. The molecule has 1 aromatic rings. The topological polar surface area (TPSA) is 487 Å². The molecule has 2 rings (SSSR count). The van der Waals surface area contributed by atoms with Gasteiger partial charge in [-0.05, 0) is 62.8 Å². The molecule has 478 valence electrons. The minimum atomic E-state index is -1.79. The molecule has 1 aliphatic rings. The molecule has 31 heteroatoms. The van der Waals surface area contributed by atoms with Crippen LogP contribution in [0.15, 0.2) is 24.3 Å². The standard InChI is InChI=1S/C55H84N12O19/c1-9-12-33(45(76)54(85)57-24-40(71)59-37(25-68)50(81)64-38(26-69)51(82)63-36(23-31-16-14-29(7)15-17-31)49(80)60-32(10-2)46(56)77)61-52(83)39-13-11-22-67(39)55(86)44(28(5)6)66-53(84)43(27(3)4)65-48(79)35(19-21-42(74)75)62-47(78)34(58-30(8)70)18-20-41(72)73/h14-17,27-28,32-39,43-44,68-69H,9-13,18-26H2,1-8H3,(H2,56,77)(H,57,85)(H,58,70)(H,59,71)(H,60,80)(H,61,83)(H,62,78)(H,63,82)(H,64,81)(H,65,79)(H,66,84)(H,72,73)(H,74,75)/t32-,33-,34-,35-,36-,37+,38-,39-,43-,44-/m0/s1. The van der Waals surface area contributed by atoms with Crippen LogP contribution in [0.2, 0.25) is 0 Å². The van der Waals surface area contributed by atoms with Gasteiger partial charge in [-0.15, -0.1) is 0 Å². The number of ketones is 1. The highest BCUT2D eigenvalue weighted by molar-refractivity contribution is 6.38. The molecule has 0 bridgehead atoms. The van der Waals surface area contributed by atoms with Gasteiger partial charge in [0.1, 0.15) is 54.4 Å². The van der Waals surface area contributed by atoms with Crippen molar-refractivity contribution in [2.45, 2.75) is 180 Å². The second-order valence-corrected chi connectivity index (χ2v) is 21.4. The van der Waals surface area contributed by atoms with Crippen molar-refractivity contribution in [3.05, 3.63) is 35.4 Å². The van der Waals surface area contributed by atoms with Gasteiger partial charge in [0.25, 0.3) is 5.91 Å². The number of carboxylic acids is 2. The molecule has 1 saturated heterocycles. The number of aliphatic hydroxyl groups excluding tert-OH is 2. The molecule has 1 heterocycles. The number of hydrogen-bond donors (Lipinski definition) is 15. The van der Waals surface area contributed by atoms with Gasteiger partial charge in [-0.1, -0.05) is 77.8 Å². The van der Waals surface area contributed by atoms with Crippen LogP contribution in [0.1, 0.15) is 117 Å². The average Bonchev–Trinajstić information content (AvgIpc) is 2.47. The van der Waals surface area contributed by atoms with Crippen LogP contribution in [0.3, 0.4) is 0 Å². The first-order valence-corrected chi connectivity index (χ1v) is 28.2. The number of nitrogens with zero attached hydrogens (tertiary/aromatic N) is 1. The van der Waals surface area contributed by atoms with Gasteiger partial charge in [-0.2, -0.15) is 0 Å². The van der Waals surface area contributed by atoms with E-state index in [0.717, 1.165) is 12.5 Å². The molecule has 0 saturated carbocycles. The van der Waals surface area contributed by atoms with Crippen molar-refractivity contribution in [1.29, 1.82) is 0 Å². The lowest BCUT2D eigenvalue weighted by Gasteiger charge is -2.33. The number of benzene rings is 1. The first-order valence-electron chi connectivity index (χ1n) is 28.2. The molecule has 0 spiro atoms. The maximum absolute atomic E-state index is 14.3. The Balaban J connectivity index is 2.16. The van der Waals surface area contributed by atoms with E-state index in [2.05, 4.69) is 53.2 Å². The molecule has 1 aromatic carbocycles. The highest BCUT2D eigenvalue weighted by Gasteiger charge is 2.42. The number of carbonyl (C=O) groups is 15. The number of likely N-dealkylation sites (tertiary alicyclic amines) is 1. The molecule has 0 aromatic heterocycles. The molecule has 12 amide bonds. The van der Waals surface area contributed by atoms with Crippen molar-refractivity contribution < 1.29 is 92.3 Å². The monoisotopic (exact) mass is 1220 g/mol. The summed E-state index contributed by atoms with van der Waals surface area (Å²) < 4.78 is 0. The van der Waals surface area contributed by atoms with Crippen molar-refractivity contribution in [3.8, 4) is 0 Å². The van der Waals surface area contributed by atoms with Gasteiger partial charge in [-0.3, -0.25) is 71.9 Å². The molecule has 86 heavy (non-hydrogen) atoms. The first-order chi connectivity index (χ1) is 40.4. The summed E-state index contributed by atoms with van der Waals surface area (Å²) in [6.07, 6.45) is -1.44. The van der Waals surface area contributed by atoms with Crippen molar-refractivity contribution >= 4 is 88.6 Å². The van der Waals surface area contributed by atoms with E-state index < -0.39 is 200 Å². The SMILES string of the molecule is CCC[C@H](NC(=O)[C@@H]1CCCN1C(=O)[C@@H](NC(=O)[C@@H](NC(=O)[C@H](CCC(=O)O)NC(=O)[C@H](CCC(=O)O)NC(C)=O)C(C)C)C(C)C)C(=O)C(=O)NCC(=O)N[C@H](CO)C(=O)N[C@@H](CO)C(=O)N[C@@H](Cc1ccc(C)cc1)C(=O)N[C@@H](CC)C(N)=O. The van der Waals surface area contributed by atoms with Crippen LogP contribution in [-0.4, -0.2) is 201 Å². The summed E-state index contributed by atoms with van der Waals surface area (Å²) in [6.45, 7) is 9.43. The van der Waals surface area contributed by atoms with Gasteiger partial charge in [0.2, 0.25) is 70.8 Å². The number of carboxylic acid groups (broad SMARTS) is 2.